The molecule has 2 aromatic carbocycles. The topological polar surface area (TPSA) is 117 Å². The predicted octanol–water partition coefficient (Wildman–Crippen LogP) is 2.62. The lowest BCUT2D eigenvalue weighted by Gasteiger charge is -2.24. The number of rotatable bonds is 10. The van der Waals surface area contributed by atoms with Crippen LogP contribution < -0.4 is 9.62 Å². The minimum atomic E-state index is -4.35. The molecule has 0 spiro atoms. The van der Waals surface area contributed by atoms with E-state index in [0.717, 1.165) is 12.1 Å². The van der Waals surface area contributed by atoms with Gasteiger partial charge in [0.25, 0.3) is 5.91 Å². The van der Waals surface area contributed by atoms with Gasteiger partial charge in [0.15, 0.2) is 6.61 Å². The summed E-state index contributed by atoms with van der Waals surface area (Å²) in [5, 5.41) is 8.85. The summed E-state index contributed by atoms with van der Waals surface area (Å²) in [5.74, 6) is -3.04. The van der Waals surface area contributed by atoms with Gasteiger partial charge in [0, 0.05) is 12.2 Å². The molecular formula is C22H24FN3O5S. The van der Waals surface area contributed by atoms with Crippen LogP contribution >= 0.6 is 0 Å². The number of benzene rings is 2. The molecule has 0 aromatic heterocycles. The number of para-hydroxylation sites is 1. The molecule has 0 fully saturated rings. The first kappa shape index (κ1) is 25.0. The van der Waals surface area contributed by atoms with E-state index >= 15 is 0 Å². The van der Waals surface area contributed by atoms with Crippen molar-refractivity contribution in [2.45, 2.75) is 31.2 Å². The number of anilines is 1. The molecule has 32 heavy (non-hydrogen) atoms. The molecule has 0 aliphatic heterocycles. The van der Waals surface area contributed by atoms with Crippen LogP contribution in [0.4, 0.5) is 10.1 Å². The number of hydrogen-bond acceptors (Lipinski definition) is 6. The Morgan fingerprint density at radius 2 is 1.75 bits per heavy atom. The van der Waals surface area contributed by atoms with E-state index in [0.29, 0.717) is 5.69 Å². The smallest absolute Gasteiger partial charge is 0.324 e. The van der Waals surface area contributed by atoms with Crippen molar-refractivity contribution in [1.29, 1.82) is 5.26 Å². The molecule has 0 saturated carbocycles. The average molecular weight is 462 g/mol. The highest BCUT2D eigenvalue weighted by molar-refractivity contribution is 7.89. The van der Waals surface area contributed by atoms with Crippen LogP contribution in [0.15, 0.2) is 59.5 Å². The summed E-state index contributed by atoms with van der Waals surface area (Å²) in [6, 6.07) is 14.0. The third-order valence-electron chi connectivity index (χ3n) is 4.48. The zero-order valence-electron chi connectivity index (χ0n) is 17.7. The largest absolute Gasteiger partial charge is 0.454 e. The van der Waals surface area contributed by atoms with Crippen LogP contribution in [0.5, 0.6) is 0 Å². The van der Waals surface area contributed by atoms with E-state index in [4.69, 9.17) is 10.00 Å². The Balaban J connectivity index is 2.11. The minimum Gasteiger partial charge on any atom is -0.454 e. The number of amides is 1. The van der Waals surface area contributed by atoms with E-state index in [1.165, 1.54) is 17.0 Å². The monoisotopic (exact) mass is 461 g/mol. The molecule has 1 amide bonds. The highest BCUT2D eigenvalue weighted by atomic mass is 32.2. The second-order valence-corrected chi connectivity index (χ2v) is 8.85. The molecule has 0 radical (unpaired) electrons. The maximum Gasteiger partial charge on any atom is 0.324 e. The molecule has 1 N–H and O–H groups in total. The number of nitrogens with zero attached hydrogens (tertiary/aromatic N) is 2. The Hall–Kier alpha value is -3.29. The Kier molecular flexibility index (Phi) is 8.87. The lowest BCUT2D eigenvalue weighted by atomic mass is 10.1. The van der Waals surface area contributed by atoms with Crippen molar-refractivity contribution in [1.82, 2.24) is 4.72 Å². The van der Waals surface area contributed by atoms with Crippen LogP contribution in [0.2, 0.25) is 0 Å². The Morgan fingerprint density at radius 3 is 2.34 bits per heavy atom. The number of esters is 1. The molecule has 0 unspecified atom stereocenters. The molecule has 0 bridgehead atoms. The number of halogens is 1. The van der Waals surface area contributed by atoms with Gasteiger partial charge in [-0.25, -0.2) is 12.8 Å². The number of carbonyl (C=O) groups excluding carboxylic acids is 2. The van der Waals surface area contributed by atoms with Gasteiger partial charge in [-0.15, -0.1) is 0 Å². The molecular weight excluding hydrogens is 437 g/mol. The molecule has 2 aromatic rings. The van der Waals surface area contributed by atoms with Crippen LogP contribution in [0.25, 0.3) is 0 Å². The molecule has 0 saturated heterocycles. The van der Waals surface area contributed by atoms with Gasteiger partial charge in [-0.3, -0.25) is 9.59 Å². The van der Waals surface area contributed by atoms with E-state index in [1.807, 2.05) is 6.07 Å². The zero-order valence-corrected chi connectivity index (χ0v) is 18.5. The summed E-state index contributed by atoms with van der Waals surface area (Å²) in [4.78, 5) is 26.0. The third kappa shape index (κ3) is 6.60. The summed E-state index contributed by atoms with van der Waals surface area (Å²) >= 11 is 0. The lowest BCUT2D eigenvalue weighted by Crippen LogP contribution is -2.46. The zero-order chi connectivity index (χ0) is 23.7. The Labute approximate surface area is 186 Å². The maximum absolute atomic E-state index is 13.9. The molecule has 170 valence electrons. The number of hydrogen-bond donors (Lipinski definition) is 1. The lowest BCUT2D eigenvalue weighted by molar-refractivity contribution is -0.150. The van der Waals surface area contributed by atoms with E-state index in [-0.39, 0.29) is 13.0 Å². The van der Waals surface area contributed by atoms with Crippen LogP contribution in [0, 0.1) is 23.1 Å². The van der Waals surface area contributed by atoms with E-state index < -0.39 is 51.2 Å². The Bertz CT molecular complexity index is 1080. The van der Waals surface area contributed by atoms with Crippen LogP contribution in [-0.2, 0) is 24.3 Å². The predicted molar refractivity (Wildman–Crippen MR) is 115 cm³/mol. The fraction of sp³-hybridized carbons (Fsp3) is 0.318. The van der Waals surface area contributed by atoms with Gasteiger partial charge in [-0.2, -0.15) is 9.98 Å². The molecule has 0 heterocycles. The second kappa shape index (κ2) is 11.4. The average Bonchev–Trinajstić information content (AvgIpc) is 2.77. The minimum absolute atomic E-state index is 0.0750. The van der Waals surface area contributed by atoms with Crippen molar-refractivity contribution < 1.29 is 27.1 Å². The van der Waals surface area contributed by atoms with Crippen LogP contribution in [-0.4, -0.2) is 39.5 Å². The van der Waals surface area contributed by atoms with Crippen LogP contribution in [0.1, 0.15) is 20.3 Å². The molecule has 1 atom stereocenters. The summed E-state index contributed by atoms with van der Waals surface area (Å²) < 4.78 is 46.3. The van der Waals surface area contributed by atoms with Crippen molar-refractivity contribution >= 4 is 27.6 Å². The van der Waals surface area contributed by atoms with Crippen molar-refractivity contribution in [2.75, 3.05) is 18.1 Å². The Morgan fingerprint density at radius 1 is 1.12 bits per heavy atom. The quantitative estimate of drug-likeness (QED) is 0.544. The molecule has 0 aliphatic rings. The summed E-state index contributed by atoms with van der Waals surface area (Å²) in [6.07, 6.45) is 0.0750. The SMILES string of the molecule is CC(C)[C@H](NS(=O)(=O)c1ccccc1F)C(=O)OCC(=O)N(CCC#N)c1ccccc1. The number of ether oxygens (including phenoxy) is 1. The molecule has 0 aliphatic carbocycles. The fourth-order valence-corrected chi connectivity index (χ4v) is 4.23. The first-order valence-electron chi connectivity index (χ1n) is 9.83. The highest BCUT2D eigenvalue weighted by Gasteiger charge is 2.31. The van der Waals surface area contributed by atoms with Gasteiger partial charge in [-0.1, -0.05) is 44.2 Å². The van der Waals surface area contributed by atoms with Gasteiger partial charge in [0.05, 0.1) is 12.5 Å². The molecule has 10 heteroatoms. The number of nitriles is 1. The van der Waals surface area contributed by atoms with Gasteiger partial charge in [0.2, 0.25) is 10.0 Å². The van der Waals surface area contributed by atoms with E-state index in [9.17, 15) is 22.4 Å². The first-order valence-corrected chi connectivity index (χ1v) is 11.3. The fourth-order valence-electron chi connectivity index (χ4n) is 2.82. The van der Waals surface area contributed by atoms with Crippen molar-refractivity contribution in [3.8, 4) is 6.07 Å². The second-order valence-electron chi connectivity index (χ2n) is 7.17. The van der Waals surface area contributed by atoms with E-state index in [2.05, 4.69) is 4.72 Å². The number of nitrogens with one attached hydrogen (secondary N) is 1. The van der Waals surface area contributed by atoms with Gasteiger partial charge in [0.1, 0.15) is 16.8 Å². The first-order chi connectivity index (χ1) is 15.2. The molecule has 8 nitrogen and oxygen atoms in total. The maximum atomic E-state index is 13.9. The van der Waals surface area contributed by atoms with Crippen LogP contribution in [0.3, 0.4) is 0 Å². The van der Waals surface area contributed by atoms with Crippen molar-refractivity contribution in [2.24, 2.45) is 5.92 Å². The normalized spacial score (nSPS) is 12.1. The summed E-state index contributed by atoms with van der Waals surface area (Å²) in [7, 11) is -4.35. The van der Waals surface area contributed by atoms with Gasteiger partial charge in [-0.05, 0) is 30.2 Å². The number of carbonyl (C=O) groups is 2. The van der Waals surface area contributed by atoms with Gasteiger partial charge >= 0.3 is 5.97 Å². The molecule has 2 rings (SSSR count). The standard InChI is InChI=1S/C22H24FN3O5S/c1-16(2)21(25-32(29,30)19-12-7-6-11-18(19)23)22(28)31-15-20(27)26(14-8-13-24)17-9-4-3-5-10-17/h3-7,9-12,16,21,25H,8,14-15H2,1-2H3/t21-/m0/s1. The van der Waals surface area contributed by atoms with Crippen molar-refractivity contribution in [3.05, 3.63) is 60.4 Å². The number of sulfonamides is 1. The highest BCUT2D eigenvalue weighted by Crippen LogP contribution is 2.17. The summed E-state index contributed by atoms with van der Waals surface area (Å²) in [6.45, 7) is 2.62. The van der Waals surface area contributed by atoms with Crippen molar-refractivity contribution in [3.63, 3.8) is 0 Å². The van der Waals surface area contributed by atoms with Gasteiger partial charge < -0.3 is 9.64 Å². The summed E-state index contributed by atoms with van der Waals surface area (Å²) in [5.41, 5.74) is 0.532. The third-order valence-corrected chi connectivity index (χ3v) is 5.96. The van der Waals surface area contributed by atoms with E-state index in [1.54, 1.807) is 44.2 Å².